The van der Waals surface area contributed by atoms with Crippen molar-refractivity contribution in [2.24, 2.45) is 0 Å². The second kappa shape index (κ2) is 1.78. The Kier molecular flexibility index (Phi) is 1.12. The van der Waals surface area contributed by atoms with E-state index in [0.717, 1.165) is 0 Å². The minimum atomic E-state index is 1.31. The van der Waals surface area contributed by atoms with E-state index in [9.17, 15) is 0 Å². The van der Waals surface area contributed by atoms with Gasteiger partial charge in [0.05, 0.1) is 0 Å². The Morgan fingerprint density at radius 3 is 2.86 bits per heavy atom. The van der Waals surface area contributed by atoms with Gasteiger partial charge in [-0.25, -0.2) is 0 Å². The van der Waals surface area contributed by atoms with E-state index in [1.807, 2.05) is 19.1 Å². The Morgan fingerprint density at radius 1 is 1.71 bits per heavy atom. The van der Waals surface area contributed by atoms with Crippen LogP contribution in [0.15, 0.2) is 24.3 Å². The molecule has 0 heterocycles. The fourth-order valence-corrected chi connectivity index (χ4v) is 0.581. The van der Waals surface area contributed by atoms with Gasteiger partial charge in [-0.2, -0.15) is 12.1 Å². The molecule has 0 aliphatic heterocycles. The van der Waals surface area contributed by atoms with Crippen LogP contribution in [0.2, 0.25) is 0 Å². The van der Waals surface area contributed by atoms with Crippen molar-refractivity contribution < 1.29 is 0 Å². The van der Waals surface area contributed by atoms with Crippen molar-refractivity contribution in [1.29, 1.82) is 0 Å². The lowest BCUT2D eigenvalue weighted by Crippen LogP contribution is -1.62. The molecule has 1 rings (SSSR count). The van der Waals surface area contributed by atoms with Gasteiger partial charge in [-0.1, -0.05) is 0 Å². The summed E-state index contributed by atoms with van der Waals surface area (Å²) >= 11 is 0. The Labute approximate surface area is 44.2 Å². The first-order chi connectivity index (χ1) is 3.43. The monoisotopic (exact) mass is 92.1 g/mol. The molecule has 0 heteroatoms. The van der Waals surface area contributed by atoms with Gasteiger partial charge in [-0.3, -0.25) is 12.1 Å². The molecule has 0 unspecified atom stereocenters. The van der Waals surface area contributed by atoms with Crippen LogP contribution >= 0.6 is 0 Å². The minimum Gasteiger partial charge on any atom is -0.356 e. The van der Waals surface area contributed by atoms with Crippen molar-refractivity contribution in [2.75, 3.05) is 0 Å². The molecule has 0 aliphatic rings. The second-order valence-electron chi connectivity index (χ2n) is 1.51. The van der Waals surface area contributed by atoms with Gasteiger partial charge in [-0.15, -0.1) is 6.92 Å². The zero-order valence-corrected chi connectivity index (χ0v) is 4.39. The van der Waals surface area contributed by atoms with Gasteiger partial charge < -0.3 is 12.0 Å². The summed E-state index contributed by atoms with van der Waals surface area (Å²) in [6, 6.07) is 8.24. The molecule has 0 bridgehead atoms. The van der Waals surface area contributed by atoms with Gasteiger partial charge in [0.15, 0.2) is 0 Å². The lowest BCUT2D eigenvalue weighted by molar-refractivity contribution is 1.47. The summed E-state index contributed by atoms with van der Waals surface area (Å²) in [7, 11) is 0. The Bertz CT molecular complexity index is 115. The first-order valence-corrected chi connectivity index (χ1v) is 2.44. The third-order valence-electron chi connectivity index (χ3n) is 1.02. The Balaban J connectivity index is 2.76. The van der Waals surface area contributed by atoms with Gasteiger partial charge in [0.1, 0.15) is 0 Å². The summed E-state index contributed by atoms with van der Waals surface area (Å²) in [5.74, 6) is 0. The predicted molar refractivity (Wildman–Crippen MR) is 31.1 cm³/mol. The summed E-state index contributed by atoms with van der Waals surface area (Å²) in [6.45, 7) is 2.04. The summed E-state index contributed by atoms with van der Waals surface area (Å²) < 4.78 is 0. The van der Waals surface area contributed by atoms with E-state index in [4.69, 9.17) is 0 Å². The smallest absolute Gasteiger partial charge is 0.137 e. The molecule has 0 atom stereocenters. The maximum atomic E-state index is 2.08. The summed E-state index contributed by atoms with van der Waals surface area (Å²) in [4.78, 5) is 0. The molecule has 0 aromatic heterocycles. The summed E-state index contributed by atoms with van der Waals surface area (Å²) in [5.41, 5.74) is 1.31. The zero-order valence-electron chi connectivity index (χ0n) is 4.39. The normalized spacial score (nSPS) is 8.71. The molecule has 0 amide bonds. The maximum absolute atomic E-state index is 2.08. The third kappa shape index (κ3) is 0.801. The average Bonchev–Trinajstić information content (AvgIpc) is 2.14. The third-order valence-corrected chi connectivity index (χ3v) is 1.02. The molecule has 1 aromatic carbocycles. The van der Waals surface area contributed by atoms with Gasteiger partial charge in [0.2, 0.25) is 0 Å². The minimum absolute atomic E-state index is 1.31. The number of hydrogen-bond acceptors (Lipinski definition) is 0. The van der Waals surface area contributed by atoms with Gasteiger partial charge in [-0.05, 0) is 0 Å². The summed E-state index contributed by atoms with van der Waals surface area (Å²) in [6.07, 6.45) is 2.08. The molecule has 0 saturated heterocycles. The van der Waals surface area contributed by atoms with Crippen molar-refractivity contribution in [3.63, 3.8) is 0 Å². The van der Waals surface area contributed by atoms with Crippen molar-refractivity contribution in [1.82, 2.24) is 0 Å². The van der Waals surface area contributed by atoms with Gasteiger partial charge in [0, 0.05) is 0 Å². The zero-order chi connectivity index (χ0) is 5.11. The molecule has 0 radical (unpaired) electrons. The highest BCUT2D eigenvalue weighted by atomic mass is 13.9. The van der Waals surface area contributed by atoms with Crippen LogP contribution in [-0.2, 0) is 0 Å². The molecule has 1 aromatic rings. The number of rotatable bonds is 1. The van der Waals surface area contributed by atoms with Crippen LogP contribution in [0.1, 0.15) is 12.5 Å². The largest absolute Gasteiger partial charge is 0.356 e. The van der Waals surface area contributed by atoms with Crippen molar-refractivity contribution >= 4 is 0 Å². The first-order valence-electron chi connectivity index (χ1n) is 2.44. The van der Waals surface area contributed by atoms with Crippen molar-refractivity contribution in [3.8, 4) is 0 Å². The quantitative estimate of drug-likeness (QED) is 0.464. The van der Waals surface area contributed by atoms with E-state index >= 15 is 0 Å². The lowest BCUT2D eigenvalue weighted by Gasteiger charge is -2.05. The second-order valence-corrected chi connectivity index (χ2v) is 1.51. The van der Waals surface area contributed by atoms with E-state index in [0.29, 0.717) is 0 Å². The highest BCUT2D eigenvalue weighted by Gasteiger charge is 1.58. The van der Waals surface area contributed by atoms with Crippen LogP contribution in [0.5, 0.6) is 0 Å². The van der Waals surface area contributed by atoms with Crippen LogP contribution in [0, 0.1) is 6.42 Å². The summed E-state index contributed by atoms with van der Waals surface area (Å²) in [5, 5.41) is 0. The van der Waals surface area contributed by atoms with Crippen LogP contribution < -0.4 is 0 Å². The molecule has 0 fully saturated rings. The van der Waals surface area contributed by atoms with Gasteiger partial charge in [0.25, 0.3) is 0 Å². The predicted octanol–water partition coefficient (Wildman–Crippen LogP) is 1.98. The Morgan fingerprint density at radius 2 is 2.57 bits per heavy atom. The van der Waals surface area contributed by atoms with E-state index in [-0.39, 0.29) is 0 Å². The number of hydrogen-bond donors (Lipinski definition) is 0. The Hall–Kier alpha value is -0.780. The molecule has 7 heavy (non-hydrogen) atoms. The van der Waals surface area contributed by atoms with Gasteiger partial charge >= 0.3 is 0 Å². The van der Waals surface area contributed by atoms with E-state index < -0.39 is 0 Å². The first kappa shape index (κ1) is 4.38. The SMILES string of the molecule is C[CH-]c1ccc[cH-]1. The molecule has 0 N–H and O–H groups in total. The lowest BCUT2D eigenvalue weighted by atomic mass is 10.3. The van der Waals surface area contributed by atoms with Crippen LogP contribution in [0.4, 0.5) is 0 Å². The van der Waals surface area contributed by atoms with E-state index in [1.54, 1.807) is 0 Å². The molecule has 38 valence electrons. The van der Waals surface area contributed by atoms with Crippen LogP contribution in [0.25, 0.3) is 0 Å². The van der Waals surface area contributed by atoms with Crippen LogP contribution in [-0.4, -0.2) is 0 Å². The highest BCUT2D eigenvalue weighted by Crippen LogP contribution is 2.00. The van der Waals surface area contributed by atoms with E-state index in [2.05, 4.69) is 18.6 Å². The molecule has 0 spiro atoms. The highest BCUT2D eigenvalue weighted by molar-refractivity contribution is 5.22. The average molecular weight is 92.1 g/mol. The molecule has 0 aliphatic carbocycles. The van der Waals surface area contributed by atoms with E-state index in [1.165, 1.54) is 5.56 Å². The topological polar surface area (TPSA) is 0 Å². The fraction of sp³-hybridized carbons (Fsp3) is 0.143. The molecular weight excluding hydrogens is 84.1 g/mol. The standard InChI is InChI=1S/C7H8/c1-2-7-5-3-4-6-7/h2-6H,1H3/q-2. The van der Waals surface area contributed by atoms with Crippen molar-refractivity contribution in [2.45, 2.75) is 6.92 Å². The fourth-order valence-electron chi connectivity index (χ4n) is 0.581. The van der Waals surface area contributed by atoms with Crippen LogP contribution in [0.3, 0.4) is 0 Å². The van der Waals surface area contributed by atoms with Crippen molar-refractivity contribution in [3.05, 3.63) is 36.2 Å². The molecular formula is C7H8-2. The molecule has 0 saturated carbocycles. The molecule has 0 nitrogen and oxygen atoms in total. The maximum Gasteiger partial charge on any atom is -0.137 e.